The van der Waals surface area contributed by atoms with Crippen LogP contribution in [0.2, 0.25) is 0 Å². The number of carbonyl (C=O) groups is 1. The maximum absolute atomic E-state index is 12.4. The molecule has 2 heterocycles. The van der Waals surface area contributed by atoms with E-state index in [1.54, 1.807) is 18.0 Å². The second-order valence-corrected chi connectivity index (χ2v) is 8.52. The highest BCUT2D eigenvalue weighted by molar-refractivity contribution is 8.00. The van der Waals surface area contributed by atoms with E-state index in [1.165, 1.54) is 22.5 Å². The van der Waals surface area contributed by atoms with E-state index in [4.69, 9.17) is 4.42 Å². The molecule has 0 aliphatic carbocycles. The molecule has 0 aliphatic heterocycles. The summed E-state index contributed by atoms with van der Waals surface area (Å²) in [6.07, 6.45) is 2.85. The van der Waals surface area contributed by atoms with Gasteiger partial charge in [-0.3, -0.25) is 4.79 Å². The van der Waals surface area contributed by atoms with Crippen molar-refractivity contribution in [1.82, 2.24) is 10.2 Å². The molecule has 0 aliphatic rings. The summed E-state index contributed by atoms with van der Waals surface area (Å²) in [7, 11) is 0. The number of aryl methyl sites for hydroxylation is 1. The van der Waals surface area contributed by atoms with Crippen LogP contribution in [-0.2, 0) is 23.4 Å². The molecule has 2 aromatic heterocycles. The highest BCUT2D eigenvalue weighted by Crippen LogP contribution is 2.29. The Balaban J connectivity index is 1.37. The number of nitrogens with zero attached hydrogens (tertiary/aromatic N) is 2. The van der Waals surface area contributed by atoms with Gasteiger partial charge in [0, 0.05) is 16.7 Å². The van der Waals surface area contributed by atoms with Crippen LogP contribution < -0.4 is 5.32 Å². The van der Waals surface area contributed by atoms with Crippen molar-refractivity contribution >= 4 is 45.1 Å². The molecule has 0 saturated carbocycles. The number of benzene rings is 2. The number of fused-ring (bicyclic) bond motifs is 1. The molecule has 4 aromatic rings. The van der Waals surface area contributed by atoms with E-state index in [0.717, 1.165) is 33.0 Å². The number of amides is 1. The fraction of sp³-hybridized carbons (Fsp3) is 0.190. The van der Waals surface area contributed by atoms with Crippen molar-refractivity contribution in [2.24, 2.45) is 0 Å². The molecule has 1 N–H and O–H groups in total. The minimum absolute atomic E-state index is 0.125. The van der Waals surface area contributed by atoms with Gasteiger partial charge in [0.1, 0.15) is 5.58 Å². The third-order valence-corrected chi connectivity index (χ3v) is 6.38. The highest BCUT2D eigenvalue weighted by Gasteiger charge is 2.13. The number of nitrogens with one attached hydrogen (secondary N) is 1. The molecule has 0 spiro atoms. The molecule has 5 nitrogen and oxygen atoms in total. The first-order valence-corrected chi connectivity index (χ1v) is 10.8. The Kier molecular flexibility index (Phi) is 5.73. The van der Waals surface area contributed by atoms with E-state index in [0.29, 0.717) is 5.13 Å². The number of anilines is 1. The molecule has 1 amide bonds. The van der Waals surface area contributed by atoms with Crippen LogP contribution in [0, 0.1) is 0 Å². The van der Waals surface area contributed by atoms with Crippen molar-refractivity contribution in [3.05, 3.63) is 71.5 Å². The number of furan rings is 1. The summed E-state index contributed by atoms with van der Waals surface area (Å²) >= 11 is 3.00. The summed E-state index contributed by atoms with van der Waals surface area (Å²) < 4.78 is 6.40. The standard InChI is InChI=1S/C21H19N3O2S2/c1-2-14-8-9-18-17(10-14)16(12-26-18)11-19(25)22-20-23-24-21(28-20)27-13-15-6-4-3-5-7-15/h3-10,12H,2,11,13H2,1H3,(H,22,23,25). The van der Waals surface area contributed by atoms with Crippen LogP contribution >= 0.6 is 23.1 Å². The Bertz CT molecular complexity index is 1090. The molecule has 4 rings (SSSR count). The second-order valence-electron chi connectivity index (χ2n) is 6.32. The molecular formula is C21H19N3O2S2. The predicted octanol–water partition coefficient (Wildman–Crippen LogP) is 5.32. The normalized spacial score (nSPS) is 11.0. The van der Waals surface area contributed by atoms with Gasteiger partial charge >= 0.3 is 0 Å². The van der Waals surface area contributed by atoms with Crippen LogP contribution in [0.15, 0.2) is 63.6 Å². The van der Waals surface area contributed by atoms with Gasteiger partial charge in [-0.15, -0.1) is 10.2 Å². The molecule has 2 aromatic carbocycles. The SMILES string of the molecule is CCc1ccc2occ(CC(=O)Nc3nnc(SCc4ccccc4)s3)c2c1. The van der Waals surface area contributed by atoms with Gasteiger partial charge in [0.25, 0.3) is 0 Å². The van der Waals surface area contributed by atoms with Gasteiger partial charge in [-0.05, 0) is 29.7 Å². The number of hydrogen-bond acceptors (Lipinski definition) is 6. The molecular weight excluding hydrogens is 390 g/mol. The van der Waals surface area contributed by atoms with Gasteiger partial charge in [0.05, 0.1) is 12.7 Å². The van der Waals surface area contributed by atoms with E-state index in [9.17, 15) is 4.79 Å². The maximum Gasteiger partial charge on any atom is 0.230 e. The summed E-state index contributed by atoms with van der Waals surface area (Å²) in [5.74, 6) is 0.699. The van der Waals surface area contributed by atoms with Crippen molar-refractivity contribution in [1.29, 1.82) is 0 Å². The van der Waals surface area contributed by atoms with Crippen LogP contribution in [0.1, 0.15) is 23.6 Å². The smallest absolute Gasteiger partial charge is 0.230 e. The van der Waals surface area contributed by atoms with E-state index in [2.05, 4.69) is 40.6 Å². The lowest BCUT2D eigenvalue weighted by atomic mass is 10.1. The third-order valence-electron chi connectivity index (χ3n) is 4.34. The lowest BCUT2D eigenvalue weighted by molar-refractivity contribution is -0.115. The number of carbonyl (C=O) groups excluding carboxylic acids is 1. The van der Waals surface area contributed by atoms with Gasteiger partial charge in [-0.25, -0.2) is 0 Å². The number of thioether (sulfide) groups is 1. The van der Waals surface area contributed by atoms with E-state index < -0.39 is 0 Å². The van der Waals surface area contributed by atoms with E-state index >= 15 is 0 Å². The zero-order valence-corrected chi connectivity index (χ0v) is 17.0. The van der Waals surface area contributed by atoms with Crippen LogP contribution in [-0.4, -0.2) is 16.1 Å². The Morgan fingerprint density at radius 2 is 2.00 bits per heavy atom. The van der Waals surface area contributed by atoms with Crippen LogP contribution in [0.4, 0.5) is 5.13 Å². The Morgan fingerprint density at radius 1 is 1.14 bits per heavy atom. The summed E-state index contributed by atoms with van der Waals surface area (Å²) in [6.45, 7) is 2.11. The Labute approximate surface area is 171 Å². The fourth-order valence-electron chi connectivity index (χ4n) is 2.86. The first kappa shape index (κ1) is 18.7. The fourth-order valence-corrected chi connectivity index (χ4v) is 4.58. The average Bonchev–Trinajstić information content (AvgIpc) is 3.33. The zero-order chi connectivity index (χ0) is 19.3. The second kappa shape index (κ2) is 8.58. The van der Waals surface area contributed by atoms with Crippen LogP contribution in [0.5, 0.6) is 0 Å². The summed E-state index contributed by atoms with van der Waals surface area (Å²) in [5, 5.41) is 12.6. The quantitative estimate of drug-likeness (QED) is 0.330. The first-order valence-electron chi connectivity index (χ1n) is 9.00. The minimum atomic E-state index is -0.125. The van der Waals surface area contributed by atoms with Gasteiger partial charge in [-0.1, -0.05) is 66.4 Å². The molecule has 0 unspecified atom stereocenters. The van der Waals surface area contributed by atoms with Crippen molar-refractivity contribution in [3.8, 4) is 0 Å². The molecule has 0 saturated heterocycles. The minimum Gasteiger partial charge on any atom is -0.464 e. The van der Waals surface area contributed by atoms with E-state index in [1.807, 2.05) is 30.3 Å². The zero-order valence-electron chi connectivity index (χ0n) is 15.3. The van der Waals surface area contributed by atoms with Gasteiger partial charge in [0.15, 0.2) is 4.34 Å². The number of aromatic nitrogens is 2. The van der Waals surface area contributed by atoms with Crippen molar-refractivity contribution in [2.45, 2.75) is 29.9 Å². The van der Waals surface area contributed by atoms with Gasteiger partial charge < -0.3 is 9.73 Å². The number of rotatable bonds is 7. The highest BCUT2D eigenvalue weighted by atomic mass is 32.2. The van der Waals surface area contributed by atoms with E-state index in [-0.39, 0.29) is 12.3 Å². The average molecular weight is 410 g/mol. The van der Waals surface area contributed by atoms with Crippen molar-refractivity contribution in [3.63, 3.8) is 0 Å². The first-order chi connectivity index (χ1) is 13.7. The number of hydrogen-bond donors (Lipinski definition) is 1. The Hall–Kier alpha value is -2.64. The van der Waals surface area contributed by atoms with Crippen molar-refractivity contribution in [2.75, 3.05) is 5.32 Å². The van der Waals surface area contributed by atoms with Crippen molar-refractivity contribution < 1.29 is 9.21 Å². The van der Waals surface area contributed by atoms with Gasteiger partial charge in [-0.2, -0.15) is 0 Å². The molecule has 142 valence electrons. The molecule has 0 atom stereocenters. The predicted molar refractivity (Wildman–Crippen MR) is 114 cm³/mol. The lowest BCUT2D eigenvalue weighted by Gasteiger charge is -2.01. The monoisotopic (exact) mass is 409 g/mol. The molecule has 0 fully saturated rings. The Morgan fingerprint density at radius 3 is 2.82 bits per heavy atom. The third kappa shape index (κ3) is 4.43. The van der Waals surface area contributed by atoms with Crippen LogP contribution in [0.3, 0.4) is 0 Å². The topological polar surface area (TPSA) is 68.0 Å². The summed E-state index contributed by atoms with van der Waals surface area (Å²) in [4.78, 5) is 12.4. The summed E-state index contributed by atoms with van der Waals surface area (Å²) in [5.41, 5.74) is 4.13. The van der Waals surface area contributed by atoms with Gasteiger partial charge in [0.2, 0.25) is 11.0 Å². The largest absolute Gasteiger partial charge is 0.464 e. The summed E-state index contributed by atoms with van der Waals surface area (Å²) in [6, 6.07) is 16.3. The molecule has 28 heavy (non-hydrogen) atoms. The molecule has 0 radical (unpaired) electrons. The molecule has 0 bridgehead atoms. The maximum atomic E-state index is 12.4. The van der Waals surface area contributed by atoms with Crippen LogP contribution in [0.25, 0.3) is 11.0 Å². The molecule has 7 heteroatoms. The lowest BCUT2D eigenvalue weighted by Crippen LogP contribution is -2.14.